The van der Waals surface area contributed by atoms with E-state index < -0.39 is 23.6 Å². The van der Waals surface area contributed by atoms with Crippen LogP contribution in [0, 0.1) is 24.5 Å². The van der Waals surface area contributed by atoms with Crippen molar-refractivity contribution in [2.75, 3.05) is 13.1 Å². The van der Waals surface area contributed by atoms with Crippen molar-refractivity contribution in [3.05, 3.63) is 52.9 Å². The molecule has 0 spiro atoms. The van der Waals surface area contributed by atoms with Gasteiger partial charge in [-0.3, -0.25) is 9.89 Å². The number of H-pyrrole nitrogens is 1. The molecule has 23 heavy (non-hydrogen) atoms. The molecule has 1 aliphatic heterocycles. The first kappa shape index (κ1) is 15.6. The number of halogens is 2. The van der Waals surface area contributed by atoms with E-state index in [1.165, 1.54) is 4.90 Å². The van der Waals surface area contributed by atoms with Gasteiger partial charge in [-0.1, -0.05) is 0 Å². The molecule has 122 valence electrons. The predicted molar refractivity (Wildman–Crippen MR) is 78.8 cm³/mol. The highest BCUT2D eigenvalue weighted by Gasteiger charge is 2.35. The smallest absolute Gasteiger partial charge is 0.257 e. The third kappa shape index (κ3) is 3.24. The van der Waals surface area contributed by atoms with Crippen molar-refractivity contribution in [3.63, 3.8) is 0 Å². The summed E-state index contributed by atoms with van der Waals surface area (Å²) < 4.78 is 27.0. The summed E-state index contributed by atoms with van der Waals surface area (Å²) in [6, 6.07) is 4.66. The predicted octanol–water partition coefficient (Wildman–Crippen LogP) is 1.67. The minimum Gasteiger partial charge on any atom is -0.391 e. The Hall–Kier alpha value is -2.28. The Labute approximate surface area is 131 Å². The lowest BCUT2D eigenvalue weighted by atomic mass is 10.0. The molecule has 1 aromatic heterocycles. The number of benzene rings is 1. The third-order valence-corrected chi connectivity index (χ3v) is 4.08. The number of nitrogens with one attached hydrogen (secondary N) is 1. The minimum absolute atomic E-state index is 0.100. The Balaban J connectivity index is 1.72. The molecule has 2 N–H and O–H groups in total. The van der Waals surface area contributed by atoms with Gasteiger partial charge in [0, 0.05) is 24.7 Å². The molecule has 2 atom stereocenters. The third-order valence-electron chi connectivity index (χ3n) is 4.08. The maximum absolute atomic E-state index is 13.7. The first-order chi connectivity index (χ1) is 10.9. The zero-order valence-electron chi connectivity index (χ0n) is 12.6. The van der Waals surface area contributed by atoms with Gasteiger partial charge in [0.1, 0.15) is 11.6 Å². The van der Waals surface area contributed by atoms with Crippen molar-refractivity contribution in [2.24, 2.45) is 5.92 Å². The zero-order chi connectivity index (χ0) is 16.6. The van der Waals surface area contributed by atoms with Gasteiger partial charge in [0.15, 0.2) is 0 Å². The van der Waals surface area contributed by atoms with Crippen LogP contribution >= 0.6 is 0 Å². The van der Waals surface area contributed by atoms with Crippen LogP contribution in [0.5, 0.6) is 0 Å². The molecule has 1 amide bonds. The Bertz CT molecular complexity index is 732. The molecule has 3 rings (SSSR count). The van der Waals surface area contributed by atoms with Gasteiger partial charge in [0.25, 0.3) is 5.91 Å². The maximum Gasteiger partial charge on any atom is 0.257 e. The number of hydrogen-bond donors (Lipinski definition) is 2. The zero-order valence-corrected chi connectivity index (χ0v) is 12.6. The van der Waals surface area contributed by atoms with E-state index in [9.17, 15) is 18.7 Å². The van der Waals surface area contributed by atoms with Gasteiger partial charge in [-0.05, 0) is 37.6 Å². The first-order valence-corrected chi connectivity index (χ1v) is 7.37. The van der Waals surface area contributed by atoms with E-state index in [-0.39, 0.29) is 24.6 Å². The number of carbonyl (C=O) groups excluding carboxylic acids is 1. The van der Waals surface area contributed by atoms with Gasteiger partial charge in [-0.15, -0.1) is 0 Å². The van der Waals surface area contributed by atoms with Crippen molar-refractivity contribution in [1.29, 1.82) is 0 Å². The molecule has 1 aliphatic rings. The molecule has 2 aromatic rings. The van der Waals surface area contributed by atoms with E-state index in [0.717, 1.165) is 29.6 Å². The number of likely N-dealkylation sites (tertiary alicyclic amines) is 1. The number of nitrogens with zero attached hydrogens (tertiary/aromatic N) is 2. The van der Waals surface area contributed by atoms with E-state index in [0.29, 0.717) is 6.42 Å². The van der Waals surface area contributed by atoms with Gasteiger partial charge >= 0.3 is 0 Å². The van der Waals surface area contributed by atoms with Crippen LogP contribution in [0.2, 0.25) is 0 Å². The lowest BCUT2D eigenvalue weighted by molar-refractivity contribution is 0.0759. The van der Waals surface area contributed by atoms with E-state index in [2.05, 4.69) is 10.2 Å². The number of aromatic amines is 1. The highest BCUT2D eigenvalue weighted by Crippen LogP contribution is 2.23. The molecule has 0 aliphatic carbocycles. The lowest BCUT2D eigenvalue weighted by Crippen LogP contribution is -2.30. The lowest BCUT2D eigenvalue weighted by Gasteiger charge is -2.16. The number of aromatic nitrogens is 2. The molecule has 2 heterocycles. The monoisotopic (exact) mass is 321 g/mol. The second-order valence-electron chi connectivity index (χ2n) is 5.91. The number of hydrogen-bond acceptors (Lipinski definition) is 3. The van der Waals surface area contributed by atoms with Crippen molar-refractivity contribution >= 4 is 5.91 Å². The summed E-state index contributed by atoms with van der Waals surface area (Å²) >= 11 is 0. The summed E-state index contributed by atoms with van der Waals surface area (Å²) in [4.78, 5) is 13.7. The van der Waals surface area contributed by atoms with Gasteiger partial charge < -0.3 is 10.0 Å². The van der Waals surface area contributed by atoms with Crippen LogP contribution in [0.3, 0.4) is 0 Å². The van der Waals surface area contributed by atoms with Gasteiger partial charge in [-0.2, -0.15) is 5.10 Å². The number of carbonyl (C=O) groups is 1. The number of aliphatic hydroxyl groups is 1. The second kappa shape index (κ2) is 6.08. The van der Waals surface area contributed by atoms with E-state index in [1.807, 2.05) is 13.0 Å². The van der Waals surface area contributed by atoms with Crippen LogP contribution in [0.25, 0.3) is 0 Å². The fourth-order valence-electron chi connectivity index (χ4n) is 2.90. The van der Waals surface area contributed by atoms with Gasteiger partial charge in [-0.25, -0.2) is 8.78 Å². The van der Waals surface area contributed by atoms with E-state index in [4.69, 9.17) is 0 Å². The highest BCUT2D eigenvalue weighted by molar-refractivity contribution is 5.94. The van der Waals surface area contributed by atoms with Crippen LogP contribution in [-0.2, 0) is 6.42 Å². The summed E-state index contributed by atoms with van der Waals surface area (Å²) in [5.74, 6) is -2.23. The van der Waals surface area contributed by atoms with Crippen LogP contribution in [-0.4, -0.2) is 45.3 Å². The Morgan fingerprint density at radius 3 is 2.87 bits per heavy atom. The van der Waals surface area contributed by atoms with Crippen molar-refractivity contribution in [1.82, 2.24) is 15.1 Å². The van der Waals surface area contributed by atoms with E-state index >= 15 is 0 Å². The van der Waals surface area contributed by atoms with Crippen molar-refractivity contribution in [3.8, 4) is 0 Å². The van der Waals surface area contributed by atoms with Gasteiger partial charge in [0.2, 0.25) is 0 Å². The average molecular weight is 321 g/mol. The second-order valence-corrected chi connectivity index (χ2v) is 5.91. The molecular weight excluding hydrogens is 304 g/mol. The first-order valence-electron chi connectivity index (χ1n) is 7.37. The standard InChI is InChI=1S/C16H17F2N3O2/c1-9-4-12(20-19-9)5-10-7-21(8-15(10)22)16(23)13-6-11(17)2-3-14(13)18/h2-4,6,10,15,22H,5,7-8H2,1H3,(H,19,20). The highest BCUT2D eigenvalue weighted by atomic mass is 19.1. The molecule has 5 nitrogen and oxygen atoms in total. The largest absolute Gasteiger partial charge is 0.391 e. The Kier molecular flexibility index (Phi) is 4.12. The number of β-amino-alcohol motifs (C(OH)–C–C–N with tert-alkyl or cyclic N) is 1. The van der Waals surface area contributed by atoms with Gasteiger partial charge in [0.05, 0.1) is 17.4 Å². The molecule has 1 fully saturated rings. The van der Waals surface area contributed by atoms with Crippen LogP contribution in [0.15, 0.2) is 24.3 Å². The number of aryl methyl sites for hydroxylation is 1. The molecule has 1 saturated heterocycles. The minimum atomic E-state index is -0.766. The number of aliphatic hydroxyl groups excluding tert-OH is 1. The van der Waals surface area contributed by atoms with Crippen molar-refractivity contribution in [2.45, 2.75) is 19.4 Å². The molecule has 1 aromatic carbocycles. The molecule has 2 unspecified atom stereocenters. The quantitative estimate of drug-likeness (QED) is 0.903. The molecule has 0 saturated carbocycles. The van der Waals surface area contributed by atoms with E-state index in [1.54, 1.807) is 0 Å². The normalized spacial score (nSPS) is 21.0. The summed E-state index contributed by atoms with van der Waals surface area (Å²) in [6.45, 7) is 2.26. The maximum atomic E-state index is 13.7. The topological polar surface area (TPSA) is 69.2 Å². The van der Waals surface area contributed by atoms with Crippen LogP contribution in [0.1, 0.15) is 21.7 Å². The molecule has 7 heteroatoms. The van der Waals surface area contributed by atoms with Crippen LogP contribution in [0.4, 0.5) is 8.78 Å². The molecular formula is C16H17F2N3O2. The summed E-state index contributed by atoms with van der Waals surface area (Å²) in [5, 5.41) is 17.1. The summed E-state index contributed by atoms with van der Waals surface area (Å²) in [7, 11) is 0. The average Bonchev–Trinajstić information content (AvgIpc) is 3.08. The fraction of sp³-hybridized carbons (Fsp3) is 0.375. The summed E-state index contributed by atoms with van der Waals surface area (Å²) in [6.07, 6.45) is -0.200. The Morgan fingerprint density at radius 1 is 1.39 bits per heavy atom. The SMILES string of the molecule is Cc1cc(CC2CN(C(=O)c3cc(F)ccc3F)CC2O)n[nH]1. The molecule has 0 bridgehead atoms. The number of rotatable bonds is 3. The number of amides is 1. The summed E-state index contributed by atoms with van der Waals surface area (Å²) in [5.41, 5.74) is 1.41. The van der Waals surface area contributed by atoms with Crippen LogP contribution < -0.4 is 0 Å². The fourth-order valence-corrected chi connectivity index (χ4v) is 2.90. The van der Waals surface area contributed by atoms with Crippen molar-refractivity contribution < 1.29 is 18.7 Å². The molecule has 0 radical (unpaired) electrons. The Morgan fingerprint density at radius 2 is 2.17 bits per heavy atom.